The molecule has 0 saturated carbocycles. The molecule has 6 heteroatoms. The summed E-state index contributed by atoms with van der Waals surface area (Å²) in [6.07, 6.45) is 6.48. The van der Waals surface area contributed by atoms with Gasteiger partial charge in [-0.25, -0.2) is 0 Å². The van der Waals surface area contributed by atoms with E-state index in [4.69, 9.17) is 11.5 Å². The molecule has 2 heterocycles. The number of carbonyl (C=O) groups is 1. The van der Waals surface area contributed by atoms with Crippen LogP contribution in [0.2, 0.25) is 0 Å². The van der Waals surface area contributed by atoms with E-state index in [-0.39, 0.29) is 5.91 Å². The van der Waals surface area contributed by atoms with E-state index in [9.17, 15) is 4.79 Å². The van der Waals surface area contributed by atoms with Crippen molar-refractivity contribution in [3.05, 3.63) is 78.1 Å². The standard InChI is InChI=1S/C26H31N5O/c27-11-5-15-31(26(32)23-8-4-12-29-18-23)19-20-6-3-7-21(16-20)22-9-10-25(24(28)17-22)30-13-1-2-14-30/h3-4,6-10,12,16-18H,1-2,5,11,13-15,19,27-28H2. The van der Waals surface area contributed by atoms with Crippen molar-refractivity contribution in [1.82, 2.24) is 9.88 Å². The summed E-state index contributed by atoms with van der Waals surface area (Å²) in [7, 11) is 0. The van der Waals surface area contributed by atoms with Gasteiger partial charge in [0, 0.05) is 38.6 Å². The molecule has 0 spiro atoms. The molecular weight excluding hydrogens is 398 g/mol. The molecule has 0 bridgehead atoms. The van der Waals surface area contributed by atoms with E-state index in [0.29, 0.717) is 25.2 Å². The lowest BCUT2D eigenvalue weighted by Crippen LogP contribution is -2.32. The summed E-state index contributed by atoms with van der Waals surface area (Å²) in [6, 6.07) is 18.2. The van der Waals surface area contributed by atoms with Crippen LogP contribution in [0.15, 0.2) is 67.0 Å². The fourth-order valence-electron chi connectivity index (χ4n) is 4.26. The highest BCUT2D eigenvalue weighted by atomic mass is 16.2. The smallest absolute Gasteiger partial charge is 0.255 e. The SMILES string of the molecule is NCCCN(Cc1cccc(-c2ccc(N3CCCC3)c(N)c2)c1)C(=O)c1cccnc1. The van der Waals surface area contributed by atoms with Crippen LogP contribution in [-0.4, -0.2) is 42.0 Å². The quantitative estimate of drug-likeness (QED) is 0.530. The lowest BCUT2D eigenvalue weighted by Gasteiger charge is -2.23. The fraction of sp³-hybridized carbons (Fsp3) is 0.308. The van der Waals surface area contributed by atoms with Gasteiger partial charge in [0.25, 0.3) is 5.91 Å². The van der Waals surface area contributed by atoms with Crippen molar-refractivity contribution in [2.75, 3.05) is 36.8 Å². The zero-order chi connectivity index (χ0) is 22.3. The van der Waals surface area contributed by atoms with Crippen LogP contribution in [0.4, 0.5) is 11.4 Å². The van der Waals surface area contributed by atoms with Crippen molar-refractivity contribution >= 4 is 17.3 Å². The number of rotatable bonds is 8. The summed E-state index contributed by atoms with van der Waals surface area (Å²) >= 11 is 0. The fourth-order valence-corrected chi connectivity index (χ4v) is 4.26. The van der Waals surface area contributed by atoms with Gasteiger partial charge in [0.2, 0.25) is 0 Å². The van der Waals surface area contributed by atoms with E-state index in [1.807, 2.05) is 11.0 Å². The molecule has 4 N–H and O–H groups in total. The second-order valence-electron chi connectivity index (χ2n) is 8.28. The van der Waals surface area contributed by atoms with Gasteiger partial charge >= 0.3 is 0 Å². The molecule has 1 aromatic heterocycles. The molecule has 0 atom stereocenters. The third-order valence-electron chi connectivity index (χ3n) is 5.94. The molecule has 0 unspecified atom stereocenters. The summed E-state index contributed by atoms with van der Waals surface area (Å²) < 4.78 is 0. The third-order valence-corrected chi connectivity index (χ3v) is 5.94. The van der Waals surface area contributed by atoms with Gasteiger partial charge in [-0.3, -0.25) is 9.78 Å². The molecule has 32 heavy (non-hydrogen) atoms. The number of amides is 1. The molecule has 2 aromatic carbocycles. The van der Waals surface area contributed by atoms with Crippen LogP contribution < -0.4 is 16.4 Å². The van der Waals surface area contributed by atoms with Crippen LogP contribution in [0, 0.1) is 0 Å². The lowest BCUT2D eigenvalue weighted by atomic mass is 10.0. The Morgan fingerprint density at radius 3 is 2.56 bits per heavy atom. The highest BCUT2D eigenvalue weighted by molar-refractivity contribution is 5.93. The molecule has 166 valence electrons. The Balaban J connectivity index is 1.54. The maximum Gasteiger partial charge on any atom is 0.255 e. The Bertz CT molecular complexity index is 1050. The number of benzene rings is 2. The number of nitrogens with zero attached hydrogens (tertiary/aromatic N) is 3. The molecule has 1 saturated heterocycles. The van der Waals surface area contributed by atoms with E-state index in [0.717, 1.165) is 47.6 Å². The van der Waals surface area contributed by atoms with Crippen molar-refractivity contribution in [2.24, 2.45) is 5.73 Å². The molecule has 6 nitrogen and oxygen atoms in total. The number of nitrogen functional groups attached to an aromatic ring is 1. The highest BCUT2D eigenvalue weighted by Crippen LogP contribution is 2.31. The van der Waals surface area contributed by atoms with Crippen molar-refractivity contribution in [3.63, 3.8) is 0 Å². The number of aromatic nitrogens is 1. The van der Waals surface area contributed by atoms with E-state index in [1.165, 1.54) is 12.8 Å². The van der Waals surface area contributed by atoms with Gasteiger partial charge in [-0.15, -0.1) is 0 Å². The topological polar surface area (TPSA) is 88.5 Å². The minimum Gasteiger partial charge on any atom is -0.397 e. The van der Waals surface area contributed by atoms with Crippen LogP contribution in [0.3, 0.4) is 0 Å². The molecule has 4 rings (SSSR count). The minimum absolute atomic E-state index is 0.0313. The number of pyridine rings is 1. The van der Waals surface area contributed by atoms with E-state index >= 15 is 0 Å². The number of anilines is 2. The summed E-state index contributed by atoms with van der Waals surface area (Å²) in [4.78, 5) is 21.3. The first-order chi connectivity index (χ1) is 15.7. The largest absolute Gasteiger partial charge is 0.397 e. The summed E-state index contributed by atoms with van der Waals surface area (Å²) in [5.41, 5.74) is 17.9. The van der Waals surface area contributed by atoms with Gasteiger partial charge in [0.05, 0.1) is 16.9 Å². The lowest BCUT2D eigenvalue weighted by molar-refractivity contribution is 0.0742. The molecule has 0 radical (unpaired) electrons. The predicted octanol–water partition coefficient (Wildman–Crippen LogP) is 3.92. The molecular formula is C26H31N5O. The number of hydrogen-bond acceptors (Lipinski definition) is 5. The maximum absolute atomic E-state index is 13.0. The summed E-state index contributed by atoms with van der Waals surface area (Å²) in [6.45, 7) is 3.81. The van der Waals surface area contributed by atoms with Crippen LogP contribution in [-0.2, 0) is 6.54 Å². The van der Waals surface area contributed by atoms with Crippen molar-refractivity contribution < 1.29 is 4.79 Å². The Morgan fingerprint density at radius 1 is 1.03 bits per heavy atom. The van der Waals surface area contributed by atoms with Crippen LogP contribution >= 0.6 is 0 Å². The summed E-state index contributed by atoms with van der Waals surface area (Å²) in [5.74, 6) is -0.0313. The summed E-state index contributed by atoms with van der Waals surface area (Å²) in [5, 5.41) is 0. The number of nitrogens with two attached hydrogens (primary N) is 2. The minimum atomic E-state index is -0.0313. The van der Waals surface area contributed by atoms with E-state index in [1.54, 1.807) is 24.5 Å². The molecule has 1 aliphatic rings. The first-order valence-electron chi connectivity index (χ1n) is 11.3. The Morgan fingerprint density at radius 2 is 1.84 bits per heavy atom. The van der Waals surface area contributed by atoms with Gasteiger partial charge in [-0.2, -0.15) is 0 Å². The normalized spacial score (nSPS) is 13.3. The molecule has 3 aromatic rings. The molecule has 1 amide bonds. The van der Waals surface area contributed by atoms with Crippen LogP contribution in [0.5, 0.6) is 0 Å². The number of hydrogen-bond donors (Lipinski definition) is 2. The second-order valence-corrected chi connectivity index (χ2v) is 8.28. The van der Waals surface area contributed by atoms with Crippen LogP contribution in [0.25, 0.3) is 11.1 Å². The Hall–Kier alpha value is -3.38. The monoisotopic (exact) mass is 429 g/mol. The van der Waals surface area contributed by atoms with Gasteiger partial charge in [0.1, 0.15) is 0 Å². The molecule has 1 fully saturated rings. The average Bonchev–Trinajstić information content (AvgIpc) is 3.36. The van der Waals surface area contributed by atoms with E-state index in [2.05, 4.69) is 46.3 Å². The van der Waals surface area contributed by atoms with Gasteiger partial charge in [0.15, 0.2) is 0 Å². The first-order valence-corrected chi connectivity index (χ1v) is 11.3. The Labute approximate surface area is 189 Å². The molecule has 0 aliphatic carbocycles. The first kappa shape index (κ1) is 21.8. The zero-order valence-corrected chi connectivity index (χ0v) is 18.4. The predicted molar refractivity (Wildman–Crippen MR) is 130 cm³/mol. The van der Waals surface area contributed by atoms with Crippen LogP contribution in [0.1, 0.15) is 35.2 Å². The third kappa shape index (κ3) is 5.08. The molecule has 1 aliphatic heterocycles. The van der Waals surface area contributed by atoms with E-state index < -0.39 is 0 Å². The van der Waals surface area contributed by atoms with Crippen molar-refractivity contribution in [2.45, 2.75) is 25.8 Å². The average molecular weight is 430 g/mol. The highest BCUT2D eigenvalue weighted by Gasteiger charge is 2.17. The van der Waals surface area contributed by atoms with Crippen molar-refractivity contribution in [1.29, 1.82) is 0 Å². The zero-order valence-electron chi connectivity index (χ0n) is 18.4. The maximum atomic E-state index is 13.0. The van der Waals surface area contributed by atoms with Gasteiger partial charge < -0.3 is 21.3 Å². The Kier molecular flexibility index (Phi) is 7.02. The van der Waals surface area contributed by atoms with Gasteiger partial charge in [-0.1, -0.05) is 24.3 Å². The second kappa shape index (κ2) is 10.3. The van der Waals surface area contributed by atoms with Gasteiger partial charge in [-0.05, 0) is 72.8 Å². The van der Waals surface area contributed by atoms with Crippen molar-refractivity contribution in [3.8, 4) is 11.1 Å². The number of carbonyl (C=O) groups excluding carboxylic acids is 1.